The molecule has 1 saturated carbocycles. The van der Waals surface area contributed by atoms with Crippen molar-refractivity contribution < 1.29 is 14.7 Å². The van der Waals surface area contributed by atoms with Crippen molar-refractivity contribution in [1.29, 1.82) is 0 Å². The van der Waals surface area contributed by atoms with Crippen LogP contribution >= 0.6 is 11.5 Å². The fourth-order valence-corrected chi connectivity index (χ4v) is 2.78. The molecule has 1 aliphatic rings. The number of carbonyl (C=O) groups excluding carboxylic acids is 1. The summed E-state index contributed by atoms with van der Waals surface area (Å²) in [6, 6.07) is -1.36. The summed E-state index contributed by atoms with van der Waals surface area (Å²) in [4.78, 5) is 23.0. The first-order chi connectivity index (χ1) is 9.16. The van der Waals surface area contributed by atoms with E-state index in [1.165, 1.54) is 6.20 Å². The predicted molar refractivity (Wildman–Crippen MR) is 70.1 cm³/mol. The Balaban J connectivity index is 1.92. The average Bonchev–Trinajstić information content (AvgIpc) is 2.89. The van der Waals surface area contributed by atoms with Gasteiger partial charge in [0.1, 0.15) is 11.0 Å². The van der Waals surface area contributed by atoms with Crippen LogP contribution in [0.5, 0.6) is 0 Å². The molecule has 3 N–H and O–H groups in total. The van der Waals surface area contributed by atoms with Gasteiger partial charge in [-0.2, -0.15) is 0 Å². The van der Waals surface area contributed by atoms with Gasteiger partial charge in [-0.05, 0) is 18.8 Å². The van der Waals surface area contributed by atoms with Crippen LogP contribution in [0.2, 0.25) is 0 Å². The van der Waals surface area contributed by atoms with Crippen molar-refractivity contribution in [3.8, 4) is 0 Å². The Bertz CT molecular complexity index is 431. The largest absolute Gasteiger partial charge is 0.480 e. The van der Waals surface area contributed by atoms with E-state index in [1.807, 2.05) is 0 Å². The van der Waals surface area contributed by atoms with Gasteiger partial charge in [0.25, 0.3) is 0 Å². The van der Waals surface area contributed by atoms with E-state index in [0.29, 0.717) is 5.00 Å². The lowest BCUT2D eigenvalue weighted by atomic mass is 9.84. The summed E-state index contributed by atoms with van der Waals surface area (Å²) < 4.78 is 3.61. The zero-order valence-electron chi connectivity index (χ0n) is 10.3. The minimum Gasteiger partial charge on any atom is -0.480 e. The molecule has 0 radical (unpaired) electrons. The number of rotatable bonds is 4. The zero-order chi connectivity index (χ0) is 13.7. The molecule has 1 atom stereocenters. The number of hydrogen-bond donors (Lipinski definition) is 3. The van der Waals surface area contributed by atoms with E-state index in [-0.39, 0.29) is 5.92 Å². The summed E-state index contributed by atoms with van der Waals surface area (Å²) in [5.74, 6) is -0.971. The third-order valence-electron chi connectivity index (χ3n) is 3.27. The van der Waals surface area contributed by atoms with Crippen LogP contribution in [0, 0.1) is 5.92 Å². The number of aromatic nitrogens is 2. The van der Waals surface area contributed by atoms with Gasteiger partial charge in [0, 0.05) is 11.5 Å². The number of nitrogens with one attached hydrogen (secondary N) is 2. The number of aliphatic carboxylic acids is 1. The van der Waals surface area contributed by atoms with Gasteiger partial charge in [-0.25, -0.2) is 9.59 Å². The second kappa shape index (κ2) is 6.46. The monoisotopic (exact) mass is 284 g/mol. The van der Waals surface area contributed by atoms with Gasteiger partial charge >= 0.3 is 12.0 Å². The number of anilines is 1. The van der Waals surface area contributed by atoms with Gasteiger partial charge in [-0.15, -0.1) is 5.10 Å². The van der Waals surface area contributed by atoms with Crippen LogP contribution in [0.25, 0.3) is 0 Å². The molecular formula is C11H16N4O3S. The van der Waals surface area contributed by atoms with Gasteiger partial charge < -0.3 is 10.4 Å². The maximum atomic E-state index is 11.7. The molecule has 1 aromatic rings. The van der Waals surface area contributed by atoms with Crippen molar-refractivity contribution in [1.82, 2.24) is 14.9 Å². The number of carbonyl (C=O) groups is 2. The molecule has 7 nitrogen and oxygen atoms in total. The van der Waals surface area contributed by atoms with E-state index in [2.05, 4.69) is 20.2 Å². The first-order valence-electron chi connectivity index (χ1n) is 6.24. The molecule has 0 spiro atoms. The smallest absolute Gasteiger partial charge is 0.326 e. The molecule has 19 heavy (non-hydrogen) atoms. The molecule has 0 saturated heterocycles. The second-order valence-corrected chi connectivity index (χ2v) is 5.38. The lowest BCUT2D eigenvalue weighted by molar-refractivity contribution is -0.141. The number of urea groups is 1. The first kappa shape index (κ1) is 13.7. The summed E-state index contributed by atoms with van der Waals surface area (Å²) in [6.07, 6.45) is 6.30. The maximum absolute atomic E-state index is 11.7. The summed E-state index contributed by atoms with van der Waals surface area (Å²) in [7, 11) is 0. The predicted octanol–water partition coefficient (Wildman–Crippen LogP) is 1.69. The van der Waals surface area contributed by atoms with Gasteiger partial charge in [0.15, 0.2) is 0 Å². The third-order valence-corrected chi connectivity index (χ3v) is 3.85. The van der Waals surface area contributed by atoms with Crippen LogP contribution in [0.15, 0.2) is 6.20 Å². The molecule has 1 aliphatic carbocycles. The van der Waals surface area contributed by atoms with Crippen LogP contribution in [0.4, 0.5) is 9.80 Å². The Morgan fingerprint density at radius 1 is 1.37 bits per heavy atom. The van der Waals surface area contributed by atoms with Gasteiger partial charge in [0.05, 0.1) is 6.20 Å². The summed E-state index contributed by atoms with van der Waals surface area (Å²) in [5, 5.41) is 18.4. The molecule has 8 heteroatoms. The Morgan fingerprint density at radius 2 is 2.11 bits per heavy atom. The highest BCUT2D eigenvalue weighted by Gasteiger charge is 2.30. The fourth-order valence-electron chi connectivity index (χ4n) is 2.36. The topological polar surface area (TPSA) is 104 Å². The molecule has 1 unspecified atom stereocenters. The molecule has 104 valence electrons. The van der Waals surface area contributed by atoms with Gasteiger partial charge in [-0.3, -0.25) is 5.32 Å². The van der Waals surface area contributed by atoms with Gasteiger partial charge in [0.2, 0.25) is 0 Å². The highest BCUT2D eigenvalue weighted by molar-refractivity contribution is 7.10. The second-order valence-electron chi connectivity index (χ2n) is 4.59. The summed E-state index contributed by atoms with van der Waals surface area (Å²) in [5.41, 5.74) is 0. The van der Waals surface area contributed by atoms with Crippen LogP contribution in [-0.4, -0.2) is 32.7 Å². The lowest BCUT2D eigenvalue weighted by Crippen LogP contribution is -2.48. The van der Waals surface area contributed by atoms with E-state index in [9.17, 15) is 14.7 Å². The molecule has 0 aliphatic heterocycles. The molecule has 2 rings (SSSR count). The summed E-state index contributed by atoms with van der Waals surface area (Å²) >= 11 is 1.04. The highest BCUT2D eigenvalue weighted by Crippen LogP contribution is 2.26. The summed E-state index contributed by atoms with van der Waals surface area (Å²) in [6.45, 7) is 0. The number of hydrogen-bond acceptors (Lipinski definition) is 5. The minimum absolute atomic E-state index is 0.0107. The van der Waals surface area contributed by atoms with E-state index >= 15 is 0 Å². The normalized spacial score (nSPS) is 17.7. The highest BCUT2D eigenvalue weighted by atomic mass is 32.1. The molecular weight excluding hydrogens is 268 g/mol. The molecule has 1 aromatic heterocycles. The third kappa shape index (κ3) is 3.88. The molecule has 2 amide bonds. The van der Waals surface area contributed by atoms with E-state index in [1.54, 1.807) is 0 Å². The van der Waals surface area contributed by atoms with Crippen molar-refractivity contribution in [2.24, 2.45) is 5.92 Å². The van der Waals surface area contributed by atoms with Crippen LogP contribution in [-0.2, 0) is 4.79 Å². The quantitative estimate of drug-likeness (QED) is 0.780. The van der Waals surface area contributed by atoms with Crippen LogP contribution < -0.4 is 10.6 Å². The molecule has 1 fully saturated rings. The fraction of sp³-hybridized carbons (Fsp3) is 0.636. The van der Waals surface area contributed by atoms with Crippen molar-refractivity contribution in [2.45, 2.75) is 38.1 Å². The van der Waals surface area contributed by atoms with E-state index < -0.39 is 18.0 Å². The molecule has 0 aromatic carbocycles. The van der Waals surface area contributed by atoms with Crippen molar-refractivity contribution in [2.75, 3.05) is 5.32 Å². The Hall–Kier alpha value is -1.70. The van der Waals surface area contributed by atoms with E-state index in [0.717, 1.165) is 43.6 Å². The standard InChI is InChI=1S/C11H16N4O3S/c16-10(17)9(7-4-2-1-3-5-7)14-11(18)13-8-6-12-15-19-8/h6-7,9H,1-5H2,(H,16,17)(H2,13,14,18). The molecule has 0 bridgehead atoms. The Morgan fingerprint density at radius 3 is 2.68 bits per heavy atom. The van der Waals surface area contributed by atoms with Crippen molar-refractivity contribution >= 4 is 28.5 Å². The number of carboxylic acids is 1. The first-order valence-corrected chi connectivity index (χ1v) is 7.02. The zero-order valence-corrected chi connectivity index (χ0v) is 11.2. The number of amides is 2. The van der Waals surface area contributed by atoms with Crippen LogP contribution in [0.1, 0.15) is 32.1 Å². The van der Waals surface area contributed by atoms with Crippen molar-refractivity contribution in [3.05, 3.63) is 6.20 Å². The lowest BCUT2D eigenvalue weighted by Gasteiger charge is -2.27. The maximum Gasteiger partial charge on any atom is 0.326 e. The van der Waals surface area contributed by atoms with Crippen molar-refractivity contribution in [3.63, 3.8) is 0 Å². The minimum atomic E-state index is -0.982. The number of carboxylic acid groups (broad SMARTS) is 1. The SMILES string of the molecule is O=C(Nc1cnns1)NC(C(=O)O)C1CCCCC1. The average molecular weight is 284 g/mol. The molecule has 1 heterocycles. The van der Waals surface area contributed by atoms with E-state index in [4.69, 9.17) is 0 Å². The number of nitrogens with zero attached hydrogens (tertiary/aromatic N) is 2. The Labute approximate surface area is 114 Å². The Kier molecular flexibility index (Phi) is 4.67. The van der Waals surface area contributed by atoms with Gasteiger partial charge in [-0.1, -0.05) is 23.8 Å². The van der Waals surface area contributed by atoms with Crippen LogP contribution in [0.3, 0.4) is 0 Å².